The van der Waals surface area contributed by atoms with E-state index in [0.717, 1.165) is 22.7 Å². The molecule has 120 valence electrons. The molecule has 0 fully saturated rings. The second-order valence-electron chi connectivity index (χ2n) is 5.09. The number of nitrogens with zero attached hydrogens (tertiary/aromatic N) is 2. The molecule has 6 nitrogen and oxygen atoms in total. The zero-order chi connectivity index (χ0) is 16.1. The molecule has 22 heavy (non-hydrogen) atoms. The Hall–Kier alpha value is -2.05. The maximum atomic E-state index is 10.3. The number of aryl methyl sites for hydroxylation is 2. The molecule has 0 aliphatic carbocycles. The van der Waals surface area contributed by atoms with Crippen molar-refractivity contribution in [3.05, 3.63) is 41.1 Å². The molecule has 2 rings (SSSR count). The molecule has 0 unspecified atom stereocenters. The number of aliphatic hydroxyl groups is 1. The number of hydrogen-bond donors (Lipinski definition) is 2. The van der Waals surface area contributed by atoms with E-state index in [2.05, 4.69) is 10.4 Å². The minimum absolute atomic E-state index is 0.415. The van der Waals surface area contributed by atoms with Crippen molar-refractivity contribution in [2.45, 2.75) is 19.6 Å². The van der Waals surface area contributed by atoms with Gasteiger partial charge in [0, 0.05) is 25.7 Å². The summed E-state index contributed by atoms with van der Waals surface area (Å²) in [6.07, 6.45) is -0.640. The van der Waals surface area contributed by atoms with Crippen molar-refractivity contribution in [3.63, 3.8) is 0 Å². The molecular weight excluding hydrogens is 282 g/mol. The Morgan fingerprint density at radius 2 is 2.00 bits per heavy atom. The van der Waals surface area contributed by atoms with Crippen LogP contribution in [0.1, 0.15) is 22.9 Å². The van der Waals surface area contributed by atoms with E-state index in [-0.39, 0.29) is 0 Å². The third kappa shape index (κ3) is 3.40. The molecule has 0 aliphatic heterocycles. The summed E-state index contributed by atoms with van der Waals surface area (Å²) in [4.78, 5) is 0. The highest BCUT2D eigenvalue weighted by molar-refractivity contribution is 5.35. The lowest BCUT2D eigenvalue weighted by Gasteiger charge is -2.15. The Balaban J connectivity index is 1.99. The molecule has 0 bridgehead atoms. The number of aromatic nitrogens is 2. The van der Waals surface area contributed by atoms with Crippen molar-refractivity contribution in [2.24, 2.45) is 7.05 Å². The van der Waals surface area contributed by atoms with Gasteiger partial charge >= 0.3 is 0 Å². The van der Waals surface area contributed by atoms with Gasteiger partial charge in [-0.1, -0.05) is 18.2 Å². The predicted molar refractivity (Wildman–Crippen MR) is 84.2 cm³/mol. The standard InChI is InChI=1S/C16H23N3O3/c1-11-13(16(22-4)19(2)18-11)9-17-10-14(20)12-7-5-6-8-15(12)21-3/h5-8,14,17,20H,9-10H2,1-4H3/t14-/m0/s1. The Morgan fingerprint density at radius 1 is 1.27 bits per heavy atom. The second-order valence-corrected chi connectivity index (χ2v) is 5.09. The van der Waals surface area contributed by atoms with Crippen LogP contribution in [-0.4, -0.2) is 35.7 Å². The van der Waals surface area contributed by atoms with Crippen LogP contribution in [0, 0.1) is 6.92 Å². The van der Waals surface area contributed by atoms with Gasteiger partial charge in [-0.2, -0.15) is 5.10 Å². The molecule has 1 aromatic heterocycles. The van der Waals surface area contributed by atoms with Crippen LogP contribution in [0.4, 0.5) is 0 Å². The number of hydrogen-bond acceptors (Lipinski definition) is 5. The van der Waals surface area contributed by atoms with E-state index in [4.69, 9.17) is 9.47 Å². The van der Waals surface area contributed by atoms with E-state index in [1.807, 2.05) is 38.2 Å². The monoisotopic (exact) mass is 305 g/mol. The Bertz CT molecular complexity index is 625. The smallest absolute Gasteiger partial charge is 0.216 e. The topological polar surface area (TPSA) is 68.5 Å². The molecule has 0 saturated carbocycles. The van der Waals surface area contributed by atoms with Crippen LogP contribution in [-0.2, 0) is 13.6 Å². The van der Waals surface area contributed by atoms with Crippen LogP contribution < -0.4 is 14.8 Å². The fraction of sp³-hybridized carbons (Fsp3) is 0.438. The molecule has 0 saturated heterocycles. The van der Waals surface area contributed by atoms with E-state index in [1.165, 1.54) is 0 Å². The van der Waals surface area contributed by atoms with Crippen molar-refractivity contribution in [3.8, 4) is 11.6 Å². The van der Waals surface area contributed by atoms with Gasteiger partial charge in [0.15, 0.2) is 0 Å². The lowest BCUT2D eigenvalue weighted by molar-refractivity contribution is 0.170. The summed E-state index contributed by atoms with van der Waals surface area (Å²) >= 11 is 0. The average Bonchev–Trinajstić information content (AvgIpc) is 2.80. The maximum Gasteiger partial charge on any atom is 0.216 e. The lowest BCUT2D eigenvalue weighted by atomic mass is 10.1. The number of benzene rings is 1. The molecule has 0 aliphatic rings. The fourth-order valence-electron chi connectivity index (χ4n) is 2.53. The molecule has 1 aromatic carbocycles. The normalized spacial score (nSPS) is 12.2. The largest absolute Gasteiger partial charge is 0.496 e. The summed E-state index contributed by atoms with van der Waals surface area (Å²) < 4.78 is 12.3. The Kier molecular flexibility index (Phi) is 5.41. The van der Waals surface area contributed by atoms with Crippen LogP contribution in [0.2, 0.25) is 0 Å². The number of nitrogens with one attached hydrogen (secondary N) is 1. The van der Waals surface area contributed by atoms with Gasteiger partial charge in [0.25, 0.3) is 0 Å². The van der Waals surface area contributed by atoms with E-state index in [1.54, 1.807) is 18.9 Å². The Labute approximate surface area is 130 Å². The highest BCUT2D eigenvalue weighted by Gasteiger charge is 2.15. The van der Waals surface area contributed by atoms with Crippen LogP contribution in [0.3, 0.4) is 0 Å². The highest BCUT2D eigenvalue weighted by Crippen LogP contribution is 2.25. The second kappa shape index (κ2) is 7.29. The van der Waals surface area contributed by atoms with E-state index < -0.39 is 6.10 Å². The zero-order valence-corrected chi connectivity index (χ0v) is 13.5. The first-order valence-corrected chi connectivity index (χ1v) is 7.16. The fourth-order valence-corrected chi connectivity index (χ4v) is 2.53. The van der Waals surface area contributed by atoms with Crippen molar-refractivity contribution < 1.29 is 14.6 Å². The SMILES string of the molecule is COc1ccccc1[C@@H](O)CNCc1c(C)nn(C)c1OC. The molecule has 0 amide bonds. The highest BCUT2D eigenvalue weighted by atomic mass is 16.5. The lowest BCUT2D eigenvalue weighted by Crippen LogP contribution is -2.22. The summed E-state index contributed by atoms with van der Waals surface area (Å²) in [6, 6.07) is 7.47. The number of para-hydroxylation sites is 1. The summed E-state index contributed by atoms with van der Waals surface area (Å²) in [5.41, 5.74) is 2.68. The summed E-state index contributed by atoms with van der Waals surface area (Å²) in [6.45, 7) is 2.93. The summed E-state index contributed by atoms with van der Waals surface area (Å²) in [5.74, 6) is 1.42. The molecular formula is C16H23N3O3. The van der Waals surface area contributed by atoms with Gasteiger partial charge in [-0.25, -0.2) is 4.68 Å². The molecule has 2 aromatic rings. The number of ether oxygens (including phenoxy) is 2. The van der Waals surface area contributed by atoms with Crippen LogP contribution in [0.15, 0.2) is 24.3 Å². The molecule has 0 radical (unpaired) electrons. The average molecular weight is 305 g/mol. The zero-order valence-electron chi connectivity index (χ0n) is 13.5. The third-order valence-electron chi connectivity index (χ3n) is 3.62. The van der Waals surface area contributed by atoms with E-state index >= 15 is 0 Å². The van der Waals surface area contributed by atoms with E-state index in [9.17, 15) is 5.11 Å². The van der Waals surface area contributed by atoms with Crippen molar-refractivity contribution in [1.82, 2.24) is 15.1 Å². The van der Waals surface area contributed by atoms with Gasteiger partial charge in [0.2, 0.25) is 5.88 Å². The van der Waals surface area contributed by atoms with Crippen molar-refractivity contribution >= 4 is 0 Å². The van der Waals surface area contributed by atoms with Gasteiger partial charge in [-0.3, -0.25) is 0 Å². The summed E-state index contributed by atoms with van der Waals surface area (Å²) in [5, 5.41) is 17.9. The van der Waals surface area contributed by atoms with Gasteiger partial charge in [-0.15, -0.1) is 0 Å². The first kappa shape index (κ1) is 16.3. The number of aliphatic hydroxyl groups excluding tert-OH is 1. The first-order chi connectivity index (χ1) is 10.6. The molecule has 2 N–H and O–H groups in total. The molecule has 1 heterocycles. The molecule has 6 heteroatoms. The number of rotatable bonds is 7. The van der Waals surface area contributed by atoms with Crippen molar-refractivity contribution in [2.75, 3.05) is 20.8 Å². The minimum atomic E-state index is -0.640. The predicted octanol–water partition coefficient (Wildman–Crippen LogP) is 1.57. The molecule has 0 spiro atoms. The first-order valence-electron chi connectivity index (χ1n) is 7.16. The van der Waals surface area contributed by atoms with Crippen molar-refractivity contribution in [1.29, 1.82) is 0 Å². The van der Waals surface area contributed by atoms with Crippen LogP contribution in [0.5, 0.6) is 11.6 Å². The van der Waals surface area contributed by atoms with Gasteiger partial charge in [0.1, 0.15) is 5.75 Å². The number of methoxy groups -OCH3 is 2. The van der Waals surface area contributed by atoms with Gasteiger partial charge in [-0.05, 0) is 13.0 Å². The minimum Gasteiger partial charge on any atom is -0.496 e. The van der Waals surface area contributed by atoms with E-state index in [0.29, 0.717) is 18.8 Å². The Morgan fingerprint density at radius 3 is 2.68 bits per heavy atom. The quantitative estimate of drug-likeness (QED) is 0.812. The van der Waals surface area contributed by atoms with Gasteiger partial charge in [0.05, 0.1) is 31.6 Å². The molecule has 1 atom stereocenters. The summed E-state index contributed by atoms with van der Waals surface area (Å²) in [7, 11) is 5.07. The third-order valence-corrected chi connectivity index (χ3v) is 3.62. The van der Waals surface area contributed by atoms with Crippen LogP contribution >= 0.6 is 0 Å². The van der Waals surface area contributed by atoms with Crippen LogP contribution in [0.25, 0.3) is 0 Å². The van der Waals surface area contributed by atoms with Gasteiger partial charge < -0.3 is 19.9 Å². The maximum absolute atomic E-state index is 10.3.